The van der Waals surface area contributed by atoms with Crippen molar-refractivity contribution in [3.05, 3.63) is 138 Å². The number of aryl methyl sites for hydroxylation is 1. The van der Waals surface area contributed by atoms with E-state index in [-0.39, 0.29) is 6.04 Å². The van der Waals surface area contributed by atoms with Crippen LogP contribution in [0.25, 0.3) is 0 Å². The second-order valence-electron chi connectivity index (χ2n) is 12.9. The summed E-state index contributed by atoms with van der Waals surface area (Å²) in [4.78, 5) is 31.9. The summed E-state index contributed by atoms with van der Waals surface area (Å²) in [5.74, 6) is -0.204. The third kappa shape index (κ3) is 11.7. The topological polar surface area (TPSA) is 49.9 Å². The number of carbonyl (C=O) groups is 2. The summed E-state index contributed by atoms with van der Waals surface area (Å²) >= 11 is 0. The molecule has 0 N–H and O–H groups in total. The number of likely N-dealkylation sites (tertiary alicyclic amines) is 1. The van der Waals surface area contributed by atoms with Gasteiger partial charge >= 0.3 is 0 Å². The number of hydrogen-bond acceptors (Lipinski definition) is 4. The lowest BCUT2D eigenvalue weighted by molar-refractivity contribution is -0.127. The van der Waals surface area contributed by atoms with Crippen LogP contribution in [-0.2, 0) is 17.8 Å². The molecule has 1 aliphatic rings. The molecular weight excluding hydrogens is 604 g/mol. The van der Waals surface area contributed by atoms with Gasteiger partial charge in [-0.15, -0.1) is 0 Å². The van der Waals surface area contributed by atoms with E-state index in [1.165, 1.54) is 16.7 Å². The Morgan fingerprint density at radius 3 is 2.18 bits per heavy atom. The maximum absolute atomic E-state index is 13.8. The molecule has 1 aliphatic heterocycles. The number of carbonyl (C=O) groups excluding carboxylic acids is 2. The van der Waals surface area contributed by atoms with Gasteiger partial charge in [0.15, 0.2) is 0 Å². The highest BCUT2D eigenvalue weighted by molar-refractivity contribution is 6.42. The van der Waals surface area contributed by atoms with E-state index in [0.717, 1.165) is 75.6 Å². The molecule has 3 rings (SSSR count). The molecule has 1 saturated heterocycles. The van der Waals surface area contributed by atoms with E-state index in [1.54, 1.807) is 13.2 Å². The fraction of sp³-hybridized carbons (Fsp3) is 0.409. The van der Waals surface area contributed by atoms with Gasteiger partial charge in [-0.1, -0.05) is 99.0 Å². The highest BCUT2D eigenvalue weighted by Gasteiger charge is 2.34. The van der Waals surface area contributed by atoms with Gasteiger partial charge in [0.1, 0.15) is 5.75 Å². The molecule has 2 aromatic carbocycles. The third-order valence-electron chi connectivity index (χ3n) is 9.62. The monoisotopic (exact) mass is 662 g/mol. The minimum absolute atomic E-state index is 0.0202. The van der Waals surface area contributed by atoms with Gasteiger partial charge in [-0.3, -0.25) is 14.5 Å². The summed E-state index contributed by atoms with van der Waals surface area (Å²) in [5.41, 5.74) is 6.25. The number of ether oxygens (including phenoxy) is 1. The van der Waals surface area contributed by atoms with Crippen molar-refractivity contribution in [3.63, 3.8) is 0 Å². The Bertz CT molecular complexity index is 1450. The number of hydrogen-bond donors (Lipinski definition) is 0. The van der Waals surface area contributed by atoms with Crippen molar-refractivity contribution in [1.82, 2.24) is 9.80 Å². The van der Waals surface area contributed by atoms with E-state index in [1.807, 2.05) is 30.0 Å². The lowest BCUT2D eigenvalue weighted by Crippen LogP contribution is -2.43. The van der Waals surface area contributed by atoms with Gasteiger partial charge in [0.25, 0.3) is 11.7 Å². The van der Waals surface area contributed by atoms with Crippen LogP contribution in [0.1, 0.15) is 92.8 Å². The number of Topliss-reactive ketones (excluding diaryl/α,β-unsaturated/α-hetero) is 1. The molecule has 1 fully saturated rings. The molecule has 1 atom stereocenters. The molecule has 5 nitrogen and oxygen atoms in total. The van der Waals surface area contributed by atoms with Crippen molar-refractivity contribution < 1.29 is 14.3 Å². The van der Waals surface area contributed by atoms with Crippen LogP contribution in [0.2, 0.25) is 0 Å². The average Bonchev–Trinajstić information content (AvgIpc) is 3.59. The maximum Gasteiger partial charge on any atom is 0.295 e. The van der Waals surface area contributed by atoms with E-state index in [0.29, 0.717) is 23.9 Å². The van der Waals surface area contributed by atoms with Crippen LogP contribution in [0, 0.1) is 6.92 Å². The van der Waals surface area contributed by atoms with Crippen LogP contribution in [-0.4, -0.2) is 53.8 Å². The molecule has 0 saturated carbocycles. The fourth-order valence-corrected chi connectivity index (χ4v) is 6.99. The van der Waals surface area contributed by atoms with Crippen LogP contribution in [0.4, 0.5) is 0 Å². The molecule has 1 heterocycles. The second-order valence-corrected chi connectivity index (χ2v) is 12.9. The van der Waals surface area contributed by atoms with Crippen LogP contribution in [0.5, 0.6) is 5.75 Å². The Morgan fingerprint density at radius 2 is 1.63 bits per heavy atom. The highest BCUT2D eigenvalue weighted by atomic mass is 16.5. The van der Waals surface area contributed by atoms with Crippen molar-refractivity contribution in [1.29, 1.82) is 0 Å². The number of nitrogens with zero attached hydrogens (tertiary/aromatic N) is 2. The number of allylic oxidation sites excluding steroid dienone is 10. The van der Waals surface area contributed by atoms with Crippen molar-refractivity contribution in [2.75, 3.05) is 20.2 Å². The van der Waals surface area contributed by atoms with Gasteiger partial charge in [0.2, 0.25) is 0 Å². The van der Waals surface area contributed by atoms with Crippen molar-refractivity contribution in [2.24, 2.45) is 0 Å². The molecule has 0 aromatic heterocycles. The highest BCUT2D eigenvalue weighted by Crippen LogP contribution is 2.28. The summed E-state index contributed by atoms with van der Waals surface area (Å²) in [6.07, 6.45) is 23.7. The summed E-state index contributed by atoms with van der Waals surface area (Å²) in [7, 11) is 1.61. The molecular formula is C44H58N2O3. The molecule has 1 unspecified atom stereocenters. The standard InChI is InChI=1S/C44H58N2O3/c1-8-17-35(18-9-2)24-26-40(27-25-36(19-10-3)20-11-4)45(33-37-21-14-13-15-22-37)30-28-41-23-16-29-46(41)44(48)43(47)39-31-38(12-5)34(6)42(32-39)49-7/h8-11,13-15,17-22,31-32,40-41H,1,3,12,16,23-30,33H2,2,4-7H3/b18-9-,20-11-,35-17+,36-19+. The Kier molecular flexibility index (Phi) is 16.8. The first kappa shape index (κ1) is 39.2. The molecule has 49 heavy (non-hydrogen) atoms. The van der Waals surface area contributed by atoms with Gasteiger partial charge in [-0.25, -0.2) is 0 Å². The van der Waals surface area contributed by atoms with Gasteiger partial charge in [0, 0.05) is 37.3 Å². The van der Waals surface area contributed by atoms with Crippen LogP contribution >= 0.6 is 0 Å². The summed E-state index contributed by atoms with van der Waals surface area (Å²) in [6, 6.07) is 14.6. The minimum atomic E-state index is -0.449. The van der Waals surface area contributed by atoms with Crippen LogP contribution < -0.4 is 4.74 Å². The molecule has 262 valence electrons. The van der Waals surface area contributed by atoms with E-state index in [4.69, 9.17) is 4.74 Å². The SMILES string of the molecule is C=C/C=C(\C=C/C)CCC(CCC(/C=C\C)=C/C=C)N(CCC1CCCN1C(=O)C(=O)c1cc(CC)c(C)c(OC)c1)Cc1ccccc1. The largest absolute Gasteiger partial charge is 0.496 e. The zero-order valence-electron chi connectivity index (χ0n) is 30.6. The van der Waals surface area contributed by atoms with Gasteiger partial charge in [0.05, 0.1) is 7.11 Å². The predicted octanol–water partition coefficient (Wildman–Crippen LogP) is 9.94. The van der Waals surface area contributed by atoms with Gasteiger partial charge in [-0.05, 0) is 112 Å². The summed E-state index contributed by atoms with van der Waals surface area (Å²) in [6.45, 7) is 18.3. The van der Waals surface area contributed by atoms with E-state index >= 15 is 0 Å². The van der Waals surface area contributed by atoms with E-state index in [2.05, 4.69) is 106 Å². The zero-order valence-corrected chi connectivity index (χ0v) is 30.6. The van der Waals surface area contributed by atoms with Gasteiger partial charge < -0.3 is 9.64 Å². The smallest absolute Gasteiger partial charge is 0.295 e. The summed E-state index contributed by atoms with van der Waals surface area (Å²) < 4.78 is 5.56. The van der Waals surface area contributed by atoms with Crippen molar-refractivity contribution in [2.45, 2.75) is 97.7 Å². The van der Waals surface area contributed by atoms with E-state index in [9.17, 15) is 9.59 Å². The number of methoxy groups -OCH3 is 1. The molecule has 0 radical (unpaired) electrons. The lowest BCUT2D eigenvalue weighted by atomic mass is 9.95. The molecule has 1 amide bonds. The lowest BCUT2D eigenvalue weighted by Gasteiger charge is -2.34. The van der Waals surface area contributed by atoms with Gasteiger partial charge in [-0.2, -0.15) is 0 Å². The Labute approximate surface area is 296 Å². The Morgan fingerprint density at radius 1 is 1.00 bits per heavy atom. The number of amides is 1. The quantitative estimate of drug-likeness (QED) is 0.0805. The average molecular weight is 663 g/mol. The first-order valence-corrected chi connectivity index (χ1v) is 18.0. The molecule has 2 aromatic rings. The third-order valence-corrected chi connectivity index (χ3v) is 9.62. The fourth-order valence-electron chi connectivity index (χ4n) is 6.99. The van der Waals surface area contributed by atoms with Crippen molar-refractivity contribution >= 4 is 11.7 Å². The van der Waals surface area contributed by atoms with Crippen LogP contribution in [0.15, 0.2) is 115 Å². The molecule has 0 spiro atoms. The second kappa shape index (κ2) is 21.0. The maximum atomic E-state index is 13.8. The van der Waals surface area contributed by atoms with E-state index < -0.39 is 11.7 Å². The first-order valence-electron chi connectivity index (χ1n) is 18.0. The number of benzene rings is 2. The Hall–Kier alpha value is -4.22. The van der Waals surface area contributed by atoms with Crippen molar-refractivity contribution in [3.8, 4) is 5.75 Å². The number of rotatable bonds is 20. The molecule has 0 aliphatic carbocycles. The summed E-state index contributed by atoms with van der Waals surface area (Å²) in [5, 5.41) is 0. The van der Waals surface area contributed by atoms with Crippen LogP contribution in [0.3, 0.4) is 0 Å². The zero-order chi connectivity index (χ0) is 35.6. The molecule has 0 bridgehead atoms. The predicted molar refractivity (Wildman–Crippen MR) is 206 cm³/mol. The Balaban J connectivity index is 1.88. The normalized spacial score (nSPS) is 16.1. The molecule has 5 heteroatoms. The number of ketones is 1. The minimum Gasteiger partial charge on any atom is -0.496 e. The first-order chi connectivity index (χ1) is 23.8.